The lowest BCUT2D eigenvalue weighted by atomic mass is 10.1. The lowest BCUT2D eigenvalue weighted by molar-refractivity contribution is -0.0504. The van der Waals surface area contributed by atoms with Gasteiger partial charge in [-0.05, 0) is 11.6 Å². The van der Waals surface area contributed by atoms with Crippen LogP contribution in [-0.4, -0.2) is 64.4 Å². The van der Waals surface area contributed by atoms with E-state index in [-0.39, 0.29) is 16.4 Å². The molecule has 132 valence electrons. The van der Waals surface area contributed by atoms with Crippen molar-refractivity contribution in [1.29, 1.82) is 0 Å². The molecule has 2 aromatic heterocycles. The minimum absolute atomic E-state index is 0.0107. The molecular formula is C10H12ClN4O8P. The average Bonchev–Trinajstić information content (AvgIpc) is 3.00. The molecule has 3 heterocycles. The van der Waals surface area contributed by atoms with E-state index in [9.17, 15) is 19.6 Å². The highest BCUT2D eigenvalue weighted by atomic mass is 35.5. The molecule has 0 spiro atoms. The maximum absolute atomic E-state index is 11.7. The van der Waals surface area contributed by atoms with Crippen molar-refractivity contribution in [2.24, 2.45) is 0 Å². The number of aromatic amines is 1. The zero-order chi connectivity index (χ0) is 17.6. The molecule has 24 heavy (non-hydrogen) atoms. The quantitative estimate of drug-likeness (QED) is 0.308. The van der Waals surface area contributed by atoms with Crippen LogP contribution in [0.15, 0.2) is 11.1 Å². The van der Waals surface area contributed by atoms with E-state index in [1.807, 2.05) is 0 Å². The van der Waals surface area contributed by atoms with Gasteiger partial charge in [0.1, 0.15) is 18.3 Å². The van der Waals surface area contributed by atoms with Gasteiger partial charge in [0.15, 0.2) is 17.4 Å². The second-order valence-electron chi connectivity index (χ2n) is 5.01. The summed E-state index contributed by atoms with van der Waals surface area (Å²) in [4.78, 5) is 39.1. The lowest BCUT2D eigenvalue weighted by Gasteiger charge is -2.16. The number of H-pyrrole nitrogens is 1. The van der Waals surface area contributed by atoms with Crippen LogP contribution in [0.3, 0.4) is 0 Å². The standard InChI is InChI=1S/C10H12ClN4O8P/c11-10-13-7-4(8(18)14-10)12-2-15(7)9-6(17)5(16)3(23-9)1-22-24(19,20)21/h2-3,5-6,9,16-17H,1H2,(H,13,14,18)(H2,19,20,21)/t3-,5-,6-,9?/m0/s1. The van der Waals surface area contributed by atoms with Gasteiger partial charge < -0.3 is 24.7 Å². The molecule has 3 rings (SSSR count). The van der Waals surface area contributed by atoms with E-state index in [1.54, 1.807) is 0 Å². The van der Waals surface area contributed by atoms with Crippen LogP contribution in [0.5, 0.6) is 0 Å². The predicted octanol–water partition coefficient (Wildman–Crippen LogP) is -1.50. The van der Waals surface area contributed by atoms with E-state index in [0.29, 0.717) is 0 Å². The van der Waals surface area contributed by atoms with Gasteiger partial charge in [-0.25, -0.2) is 9.55 Å². The van der Waals surface area contributed by atoms with Crippen molar-refractivity contribution < 1.29 is 33.8 Å². The maximum atomic E-state index is 11.7. The van der Waals surface area contributed by atoms with Crippen molar-refractivity contribution in [3.05, 3.63) is 22.0 Å². The normalized spacial score (nSPS) is 27.9. The number of nitrogens with one attached hydrogen (secondary N) is 1. The van der Waals surface area contributed by atoms with Gasteiger partial charge in [0, 0.05) is 0 Å². The van der Waals surface area contributed by atoms with Crippen molar-refractivity contribution >= 4 is 30.6 Å². The Bertz CT molecular complexity index is 864. The van der Waals surface area contributed by atoms with Crippen molar-refractivity contribution in [2.75, 3.05) is 6.61 Å². The van der Waals surface area contributed by atoms with Crippen molar-refractivity contribution in [2.45, 2.75) is 24.5 Å². The van der Waals surface area contributed by atoms with Crippen LogP contribution in [-0.2, 0) is 13.8 Å². The number of phosphoric ester groups is 1. The number of halogens is 1. The molecule has 1 unspecified atom stereocenters. The largest absolute Gasteiger partial charge is 0.469 e. The average molecular weight is 383 g/mol. The van der Waals surface area contributed by atoms with Crippen LogP contribution in [0.25, 0.3) is 11.2 Å². The van der Waals surface area contributed by atoms with Crippen LogP contribution in [0.1, 0.15) is 6.23 Å². The van der Waals surface area contributed by atoms with Crippen LogP contribution < -0.4 is 5.56 Å². The zero-order valence-corrected chi connectivity index (χ0v) is 13.3. The molecule has 12 nitrogen and oxygen atoms in total. The van der Waals surface area contributed by atoms with Gasteiger partial charge in [0.2, 0.25) is 5.28 Å². The highest BCUT2D eigenvalue weighted by Gasteiger charge is 2.45. The summed E-state index contributed by atoms with van der Waals surface area (Å²) in [6, 6.07) is 0. The summed E-state index contributed by atoms with van der Waals surface area (Å²) < 4.78 is 21.6. The summed E-state index contributed by atoms with van der Waals surface area (Å²) in [7, 11) is -4.76. The summed E-state index contributed by atoms with van der Waals surface area (Å²) in [5.74, 6) is 0. The SMILES string of the molecule is O=c1[nH]c(Cl)nc2c1ncn2C1O[C@@H](COP(=O)(O)O)[C@H](O)[C@@H]1O. The highest BCUT2D eigenvalue weighted by Crippen LogP contribution is 2.38. The number of aliphatic hydroxyl groups is 2. The molecule has 1 aliphatic rings. The van der Waals surface area contributed by atoms with E-state index >= 15 is 0 Å². The third-order valence-electron chi connectivity index (χ3n) is 3.42. The first kappa shape index (κ1) is 17.5. The monoisotopic (exact) mass is 382 g/mol. The summed E-state index contributed by atoms with van der Waals surface area (Å²) in [5, 5.41) is 19.9. The number of hydrogen-bond acceptors (Lipinski definition) is 8. The Morgan fingerprint density at radius 2 is 2.12 bits per heavy atom. The van der Waals surface area contributed by atoms with Crippen LogP contribution in [0.4, 0.5) is 0 Å². The molecule has 14 heteroatoms. The summed E-state index contributed by atoms with van der Waals surface area (Å²) >= 11 is 5.69. The molecule has 1 aliphatic heterocycles. The van der Waals surface area contributed by atoms with Gasteiger partial charge in [0.05, 0.1) is 12.9 Å². The van der Waals surface area contributed by atoms with Crippen molar-refractivity contribution in [3.8, 4) is 0 Å². The fraction of sp³-hybridized carbons (Fsp3) is 0.500. The molecule has 5 N–H and O–H groups in total. The van der Waals surface area contributed by atoms with E-state index in [1.165, 1.54) is 4.57 Å². The number of imidazole rings is 1. The first-order valence-electron chi connectivity index (χ1n) is 6.51. The molecule has 0 radical (unpaired) electrons. The van der Waals surface area contributed by atoms with E-state index in [0.717, 1.165) is 6.33 Å². The van der Waals surface area contributed by atoms with Gasteiger partial charge in [-0.1, -0.05) is 0 Å². The fourth-order valence-electron chi connectivity index (χ4n) is 2.35. The highest BCUT2D eigenvalue weighted by molar-refractivity contribution is 7.46. The van der Waals surface area contributed by atoms with Crippen molar-refractivity contribution in [1.82, 2.24) is 19.5 Å². The number of rotatable bonds is 4. The van der Waals surface area contributed by atoms with Crippen molar-refractivity contribution in [3.63, 3.8) is 0 Å². The third kappa shape index (κ3) is 3.23. The van der Waals surface area contributed by atoms with Gasteiger partial charge in [-0.15, -0.1) is 0 Å². The number of fused-ring (bicyclic) bond motifs is 1. The Morgan fingerprint density at radius 1 is 1.42 bits per heavy atom. The number of hydrogen-bond donors (Lipinski definition) is 5. The van der Waals surface area contributed by atoms with Gasteiger partial charge in [-0.3, -0.25) is 18.9 Å². The molecule has 2 aromatic rings. The minimum atomic E-state index is -4.76. The fourth-order valence-corrected chi connectivity index (χ4v) is 2.86. The van der Waals surface area contributed by atoms with Gasteiger partial charge in [-0.2, -0.15) is 4.98 Å². The number of aromatic nitrogens is 4. The summed E-state index contributed by atoms with van der Waals surface area (Å²) in [6.45, 7) is -0.652. The summed E-state index contributed by atoms with van der Waals surface area (Å²) in [5.41, 5.74) is -0.644. The lowest BCUT2D eigenvalue weighted by Crippen LogP contribution is -2.33. The molecule has 0 saturated carbocycles. The molecule has 0 aromatic carbocycles. The molecule has 0 bridgehead atoms. The Morgan fingerprint density at radius 3 is 2.79 bits per heavy atom. The number of nitrogens with zero attached hydrogens (tertiary/aromatic N) is 3. The number of aliphatic hydroxyl groups excluding tert-OH is 2. The Kier molecular flexibility index (Phi) is 4.49. The van der Waals surface area contributed by atoms with Gasteiger partial charge >= 0.3 is 7.82 Å². The first-order valence-corrected chi connectivity index (χ1v) is 8.42. The number of phosphoric acid groups is 1. The molecule has 0 amide bonds. The molecule has 0 aliphatic carbocycles. The van der Waals surface area contributed by atoms with Gasteiger partial charge in [0.25, 0.3) is 5.56 Å². The van der Waals surface area contributed by atoms with Crippen LogP contribution in [0.2, 0.25) is 5.28 Å². The second kappa shape index (κ2) is 6.17. The van der Waals surface area contributed by atoms with E-state index in [4.69, 9.17) is 26.1 Å². The smallest absolute Gasteiger partial charge is 0.387 e. The van der Waals surface area contributed by atoms with E-state index < -0.39 is 44.5 Å². The molecule has 1 fully saturated rings. The molecule has 1 saturated heterocycles. The third-order valence-corrected chi connectivity index (χ3v) is 4.09. The number of ether oxygens (including phenoxy) is 1. The maximum Gasteiger partial charge on any atom is 0.469 e. The first-order chi connectivity index (χ1) is 11.2. The molecular weight excluding hydrogens is 371 g/mol. The second-order valence-corrected chi connectivity index (χ2v) is 6.61. The molecule has 4 atom stereocenters. The summed E-state index contributed by atoms with van der Waals surface area (Å²) in [6.07, 6.45) is -4.23. The Hall–Kier alpha value is -1.37. The Labute approximate surface area is 137 Å². The minimum Gasteiger partial charge on any atom is -0.387 e. The van der Waals surface area contributed by atoms with Crippen LogP contribution >= 0.6 is 19.4 Å². The van der Waals surface area contributed by atoms with Crippen LogP contribution in [0, 0.1) is 0 Å². The Balaban J connectivity index is 1.90. The van der Waals surface area contributed by atoms with E-state index in [2.05, 4.69) is 19.5 Å². The predicted molar refractivity (Wildman–Crippen MR) is 77.1 cm³/mol. The zero-order valence-electron chi connectivity index (χ0n) is 11.7. The topological polar surface area (TPSA) is 180 Å².